The topological polar surface area (TPSA) is 116 Å². The maximum Gasteiger partial charge on any atom is 0.317 e. The van der Waals surface area contributed by atoms with Gasteiger partial charge in [0, 0.05) is 12.1 Å². The summed E-state index contributed by atoms with van der Waals surface area (Å²) in [5.74, 6) is 1.86. The Morgan fingerprint density at radius 2 is 1.75 bits per heavy atom. The summed E-state index contributed by atoms with van der Waals surface area (Å²) in [4.78, 5) is 50.9. The molecule has 4 aliphatic carbocycles. The van der Waals surface area contributed by atoms with Crippen molar-refractivity contribution in [3.8, 4) is 11.5 Å². The predicted octanol–water partition coefficient (Wildman–Crippen LogP) is 6.72. The maximum absolute atomic E-state index is 13.5. The zero-order chi connectivity index (χ0) is 28.2. The Balaban J connectivity index is 1.19. The zero-order valence-corrected chi connectivity index (χ0v) is 24.2. The number of imide groups is 1. The van der Waals surface area contributed by atoms with E-state index in [0.29, 0.717) is 44.9 Å². The van der Waals surface area contributed by atoms with E-state index < -0.39 is 21.5 Å². The van der Waals surface area contributed by atoms with Crippen LogP contribution in [0.5, 0.6) is 11.5 Å². The van der Waals surface area contributed by atoms with Crippen LogP contribution in [0.2, 0.25) is 0 Å². The Morgan fingerprint density at radius 3 is 2.33 bits per heavy atom. The molecular weight excluding hydrogens is 600 g/mol. The molecule has 208 valence electrons. The summed E-state index contributed by atoms with van der Waals surface area (Å²) in [7, 11) is 1.49. The molecular formula is C29H27BrN2O7S. The van der Waals surface area contributed by atoms with Crippen molar-refractivity contribution in [2.75, 3.05) is 7.11 Å². The average Bonchev–Trinajstić information content (AvgIpc) is 3.16. The first kappa shape index (κ1) is 27.0. The van der Waals surface area contributed by atoms with Crippen molar-refractivity contribution in [2.24, 2.45) is 23.2 Å². The average molecular weight is 628 g/mol. The molecule has 0 unspecified atom stereocenters. The Morgan fingerprint density at radius 1 is 1.12 bits per heavy atom. The Bertz CT molecular complexity index is 1420. The minimum atomic E-state index is -0.506. The summed E-state index contributed by atoms with van der Waals surface area (Å²) in [6.45, 7) is 0.00618. The van der Waals surface area contributed by atoms with Crippen LogP contribution in [0.1, 0.15) is 49.7 Å². The van der Waals surface area contributed by atoms with Crippen molar-refractivity contribution in [1.29, 1.82) is 0 Å². The molecule has 5 aliphatic rings. The van der Waals surface area contributed by atoms with Gasteiger partial charge in [-0.25, -0.2) is 0 Å². The molecule has 0 radical (unpaired) electrons. The molecule has 0 atom stereocenters. The Hall–Kier alpha value is -3.18. The van der Waals surface area contributed by atoms with E-state index in [1.165, 1.54) is 50.6 Å². The number of halogens is 1. The number of amides is 2. The standard InChI is InChI=1S/C29H27BrN2O7S/c1-38-23-10-17(11-24-26(33)31(28(35)40-24)15-16-2-4-21(5-3-16)32(36)37)9-22(30)25(23)39-27(34)29-12-18-6-19(13-29)8-20(7-18)14-29/h2-5,9-11,18-20H,6-8,12-15H2,1H3/b24-11-. The zero-order valence-electron chi connectivity index (χ0n) is 21.8. The Kier molecular flexibility index (Phi) is 6.98. The van der Waals surface area contributed by atoms with E-state index in [1.54, 1.807) is 18.2 Å². The van der Waals surface area contributed by atoms with Crippen molar-refractivity contribution in [2.45, 2.75) is 45.1 Å². The molecule has 9 nitrogen and oxygen atoms in total. The third-order valence-electron chi connectivity index (χ3n) is 8.58. The number of carbonyl (C=O) groups is 3. The second-order valence-corrected chi connectivity index (χ2v) is 13.2. The number of nitrogens with zero attached hydrogens (tertiary/aromatic N) is 2. The summed E-state index contributed by atoms with van der Waals surface area (Å²) >= 11 is 4.34. The van der Waals surface area contributed by atoms with Crippen LogP contribution < -0.4 is 9.47 Å². The monoisotopic (exact) mass is 626 g/mol. The lowest BCUT2D eigenvalue weighted by Crippen LogP contribution is -2.51. The molecule has 5 fully saturated rings. The van der Waals surface area contributed by atoms with Gasteiger partial charge in [-0.15, -0.1) is 0 Å². The smallest absolute Gasteiger partial charge is 0.317 e. The Labute approximate surface area is 243 Å². The van der Waals surface area contributed by atoms with Gasteiger partial charge < -0.3 is 9.47 Å². The van der Waals surface area contributed by atoms with Crippen LogP contribution in [0.4, 0.5) is 10.5 Å². The molecule has 11 heteroatoms. The van der Waals surface area contributed by atoms with Crippen LogP contribution in [0.3, 0.4) is 0 Å². The van der Waals surface area contributed by atoms with Gasteiger partial charge in [-0.3, -0.25) is 29.4 Å². The largest absolute Gasteiger partial charge is 0.493 e. The first-order valence-corrected chi connectivity index (χ1v) is 14.8. The summed E-state index contributed by atoms with van der Waals surface area (Å²) in [6, 6.07) is 9.14. The molecule has 0 spiro atoms. The van der Waals surface area contributed by atoms with Crippen molar-refractivity contribution in [3.63, 3.8) is 0 Å². The number of esters is 1. The fourth-order valence-electron chi connectivity index (χ4n) is 7.18. The first-order chi connectivity index (χ1) is 19.1. The third-order valence-corrected chi connectivity index (χ3v) is 10.1. The SMILES string of the molecule is COc1cc(/C=C2\SC(=O)N(Cc3ccc([N+](=O)[O-])cc3)C2=O)cc(Br)c1OC(=O)C12CC3CC(CC(C3)C1)C2. The lowest BCUT2D eigenvalue weighted by Gasteiger charge is -2.55. The van der Waals surface area contributed by atoms with E-state index in [9.17, 15) is 24.5 Å². The van der Waals surface area contributed by atoms with E-state index in [4.69, 9.17) is 9.47 Å². The number of benzene rings is 2. The molecule has 1 heterocycles. The van der Waals surface area contributed by atoms with Gasteiger partial charge in [0.15, 0.2) is 11.5 Å². The van der Waals surface area contributed by atoms with Crippen LogP contribution >= 0.6 is 27.7 Å². The number of ether oxygens (including phenoxy) is 2. The minimum absolute atomic E-state index is 0.00618. The van der Waals surface area contributed by atoms with Crippen LogP contribution in [0, 0.1) is 33.3 Å². The molecule has 0 N–H and O–H groups in total. The van der Waals surface area contributed by atoms with Crippen LogP contribution in [0.15, 0.2) is 45.8 Å². The third kappa shape index (κ3) is 4.94. The molecule has 2 aromatic carbocycles. The van der Waals surface area contributed by atoms with Gasteiger partial charge in [-0.1, -0.05) is 12.1 Å². The lowest BCUT2D eigenvalue weighted by atomic mass is 9.49. The molecule has 2 amide bonds. The van der Waals surface area contributed by atoms with Gasteiger partial charge in [0.2, 0.25) is 0 Å². The molecule has 0 aromatic heterocycles. The van der Waals surface area contributed by atoms with Gasteiger partial charge in [-0.2, -0.15) is 0 Å². The highest BCUT2D eigenvalue weighted by atomic mass is 79.9. The van der Waals surface area contributed by atoms with Crippen LogP contribution in [-0.2, 0) is 16.1 Å². The fraction of sp³-hybridized carbons (Fsp3) is 0.414. The fourth-order valence-corrected chi connectivity index (χ4v) is 8.56. The van der Waals surface area contributed by atoms with E-state index in [2.05, 4.69) is 15.9 Å². The highest BCUT2D eigenvalue weighted by Gasteiger charge is 2.55. The molecule has 4 bridgehead atoms. The van der Waals surface area contributed by atoms with E-state index >= 15 is 0 Å². The van der Waals surface area contributed by atoms with E-state index in [1.807, 2.05) is 0 Å². The van der Waals surface area contributed by atoms with Crippen molar-refractivity contribution < 1.29 is 28.8 Å². The highest BCUT2D eigenvalue weighted by molar-refractivity contribution is 9.10. The second-order valence-electron chi connectivity index (χ2n) is 11.3. The number of nitro benzene ring substituents is 1. The number of thioether (sulfide) groups is 1. The molecule has 40 heavy (non-hydrogen) atoms. The van der Waals surface area contributed by atoms with Gasteiger partial charge in [0.25, 0.3) is 16.8 Å². The van der Waals surface area contributed by atoms with Gasteiger partial charge in [-0.05, 0) is 113 Å². The molecule has 2 aromatic rings. The molecule has 4 saturated carbocycles. The lowest BCUT2D eigenvalue weighted by molar-refractivity contribution is -0.384. The number of hydrogen-bond acceptors (Lipinski definition) is 8. The normalized spacial score (nSPS) is 27.9. The summed E-state index contributed by atoms with van der Waals surface area (Å²) in [5, 5.41) is 10.5. The molecule has 1 saturated heterocycles. The number of hydrogen-bond donors (Lipinski definition) is 0. The van der Waals surface area contributed by atoms with Gasteiger partial charge in [0.1, 0.15) is 0 Å². The van der Waals surface area contributed by atoms with Crippen LogP contribution in [0.25, 0.3) is 6.08 Å². The number of carbonyl (C=O) groups excluding carboxylic acids is 3. The first-order valence-electron chi connectivity index (χ1n) is 13.2. The van der Waals surface area contributed by atoms with Crippen molar-refractivity contribution >= 4 is 56.6 Å². The number of nitro groups is 1. The summed E-state index contributed by atoms with van der Waals surface area (Å²) in [6.07, 6.45) is 7.97. The number of rotatable bonds is 7. The van der Waals surface area contributed by atoms with Crippen molar-refractivity contribution in [3.05, 3.63) is 67.0 Å². The van der Waals surface area contributed by atoms with Gasteiger partial charge in [0.05, 0.1) is 33.4 Å². The summed E-state index contributed by atoms with van der Waals surface area (Å²) < 4.78 is 12.1. The van der Waals surface area contributed by atoms with E-state index in [-0.39, 0.29) is 23.1 Å². The summed E-state index contributed by atoms with van der Waals surface area (Å²) in [5.41, 5.74) is 0.715. The molecule has 1 aliphatic heterocycles. The number of methoxy groups -OCH3 is 1. The van der Waals surface area contributed by atoms with Crippen LogP contribution in [-0.4, -0.2) is 34.0 Å². The minimum Gasteiger partial charge on any atom is -0.493 e. The second kappa shape index (κ2) is 10.3. The van der Waals surface area contributed by atoms with Gasteiger partial charge >= 0.3 is 5.97 Å². The molecule has 7 rings (SSSR count). The quantitative estimate of drug-likeness (QED) is 0.109. The number of non-ortho nitro benzene ring substituents is 1. The predicted molar refractivity (Wildman–Crippen MR) is 152 cm³/mol. The maximum atomic E-state index is 13.5. The van der Waals surface area contributed by atoms with E-state index in [0.717, 1.165) is 35.9 Å². The highest BCUT2D eigenvalue weighted by Crippen LogP contribution is 2.60. The van der Waals surface area contributed by atoms with Crippen molar-refractivity contribution in [1.82, 2.24) is 4.90 Å².